The van der Waals surface area contributed by atoms with E-state index in [0.717, 1.165) is 14.7 Å². The summed E-state index contributed by atoms with van der Waals surface area (Å²) in [5, 5.41) is 2.56. The molecule has 1 aromatic carbocycles. The van der Waals surface area contributed by atoms with Crippen LogP contribution >= 0.6 is 0 Å². The van der Waals surface area contributed by atoms with Gasteiger partial charge >= 0.3 is 10.2 Å². The van der Waals surface area contributed by atoms with Crippen molar-refractivity contribution in [3.8, 4) is 0 Å². The number of halogens is 1. The molecule has 2 heterocycles. The van der Waals surface area contributed by atoms with E-state index >= 15 is 0 Å². The predicted molar refractivity (Wildman–Crippen MR) is 95.7 cm³/mol. The average molecular weight is 384 g/mol. The zero-order valence-electron chi connectivity index (χ0n) is 14.8. The molecule has 8 nitrogen and oxygen atoms in total. The molecular weight excluding hydrogens is 363 g/mol. The van der Waals surface area contributed by atoms with Crippen molar-refractivity contribution in [3.63, 3.8) is 0 Å². The maximum atomic E-state index is 14.4. The number of amides is 2. The first-order chi connectivity index (χ1) is 12.1. The number of likely N-dealkylation sites (tertiary alicyclic amines) is 1. The van der Waals surface area contributed by atoms with Crippen LogP contribution in [-0.4, -0.2) is 52.3 Å². The van der Waals surface area contributed by atoms with Crippen LogP contribution in [0.2, 0.25) is 0 Å². The number of hydrogen-bond acceptors (Lipinski definition) is 4. The van der Waals surface area contributed by atoms with Gasteiger partial charge in [0.15, 0.2) is 0 Å². The van der Waals surface area contributed by atoms with Crippen molar-refractivity contribution in [3.05, 3.63) is 17.9 Å². The van der Waals surface area contributed by atoms with E-state index in [9.17, 15) is 22.4 Å². The number of carbonyl (C=O) groups excluding carboxylic acids is 2. The van der Waals surface area contributed by atoms with Gasteiger partial charge in [0.2, 0.25) is 11.8 Å². The van der Waals surface area contributed by atoms with Crippen molar-refractivity contribution >= 4 is 39.1 Å². The summed E-state index contributed by atoms with van der Waals surface area (Å²) in [4.78, 5) is 25.5. The maximum absolute atomic E-state index is 14.4. The standard InChI is InChI=1S/C16H21FN4O4S/c1-10(22)21-6-4-11(5-7-21)16(23)18-13-9-15-14(8-12(13)17)19(2)26(24,25)20(15)3/h8-9,11H,4-7H2,1-3H3,(H,18,23). The Hall–Kier alpha value is -2.36. The minimum atomic E-state index is -3.71. The summed E-state index contributed by atoms with van der Waals surface area (Å²) >= 11 is 0. The van der Waals surface area contributed by atoms with E-state index in [0.29, 0.717) is 31.6 Å². The average Bonchev–Trinajstić information content (AvgIpc) is 2.76. The molecule has 0 saturated carbocycles. The molecule has 1 fully saturated rings. The molecule has 2 aliphatic heterocycles. The molecular formula is C16H21FN4O4S. The molecule has 1 saturated heterocycles. The second kappa shape index (κ2) is 6.42. The van der Waals surface area contributed by atoms with Crippen molar-refractivity contribution < 1.29 is 22.4 Å². The molecule has 3 rings (SSSR count). The van der Waals surface area contributed by atoms with E-state index < -0.39 is 16.0 Å². The van der Waals surface area contributed by atoms with Gasteiger partial charge in [0.05, 0.1) is 17.1 Å². The van der Waals surface area contributed by atoms with Crippen LogP contribution in [0.4, 0.5) is 21.5 Å². The molecule has 2 aliphatic rings. The van der Waals surface area contributed by atoms with Crippen LogP contribution in [0.25, 0.3) is 0 Å². The van der Waals surface area contributed by atoms with E-state index in [1.165, 1.54) is 27.1 Å². The van der Waals surface area contributed by atoms with Crippen LogP contribution in [0.15, 0.2) is 12.1 Å². The second-order valence-corrected chi connectivity index (χ2v) is 8.52. The highest BCUT2D eigenvalue weighted by Gasteiger charge is 2.36. The third kappa shape index (κ3) is 2.98. The summed E-state index contributed by atoms with van der Waals surface area (Å²) < 4.78 is 40.7. The van der Waals surface area contributed by atoms with Gasteiger partial charge in [-0.05, 0) is 18.9 Å². The van der Waals surface area contributed by atoms with Gasteiger partial charge in [-0.25, -0.2) is 4.39 Å². The van der Waals surface area contributed by atoms with Crippen molar-refractivity contribution in [2.45, 2.75) is 19.8 Å². The third-order valence-corrected chi connectivity index (χ3v) is 6.78. The first-order valence-electron chi connectivity index (χ1n) is 8.25. The van der Waals surface area contributed by atoms with Crippen LogP contribution in [0.3, 0.4) is 0 Å². The number of hydrogen-bond donors (Lipinski definition) is 1. The topological polar surface area (TPSA) is 90.0 Å². The number of nitrogens with one attached hydrogen (secondary N) is 1. The highest BCUT2D eigenvalue weighted by molar-refractivity contribution is 7.94. The first kappa shape index (κ1) is 18.4. The summed E-state index contributed by atoms with van der Waals surface area (Å²) in [5.41, 5.74) is 0.466. The lowest BCUT2D eigenvalue weighted by Crippen LogP contribution is -2.40. The lowest BCUT2D eigenvalue weighted by atomic mass is 9.95. The highest BCUT2D eigenvalue weighted by atomic mass is 32.2. The number of rotatable bonds is 2. The fourth-order valence-corrected chi connectivity index (χ4v) is 4.43. The Balaban J connectivity index is 1.77. The molecule has 0 aromatic heterocycles. The first-order valence-corrected chi connectivity index (χ1v) is 9.65. The normalized spacial score (nSPS) is 19.5. The zero-order valence-corrected chi connectivity index (χ0v) is 15.6. The Kier molecular flexibility index (Phi) is 4.55. The summed E-state index contributed by atoms with van der Waals surface area (Å²) in [6.07, 6.45) is 1.02. The van der Waals surface area contributed by atoms with E-state index in [4.69, 9.17) is 0 Å². The van der Waals surface area contributed by atoms with Gasteiger partial charge < -0.3 is 10.2 Å². The van der Waals surface area contributed by atoms with Crippen LogP contribution in [-0.2, 0) is 19.8 Å². The Morgan fingerprint density at radius 2 is 1.65 bits per heavy atom. The smallest absolute Gasteiger partial charge is 0.326 e. The van der Waals surface area contributed by atoms with Gasteiger partial charge in [-0.1, -0.05) is 0 Å². The maximum Gasteiger partial charge on any atom is 0.326 e. The van der Waals surface area contributed by atoms with E-state index in [2.05, 4.69) is 5.32 Å². The summed E-state index contributed by atoms with van der Waals surface area (Å²) in [6.45, 7) is 2.47. The predicted octanol–water partition coefficient (Wildman–Crippen LogP) is 1.15. The van der Waals surface area contributed by atoms with Crippen LogP contribution in [0.1, 0.15) is 19.8 Å². The molecule has 142 valence electrons. The van der Waals surface area contributed by atoms with Gasteiger partial charge in [-0.15, -0.1) is 0 Å². The number of fused-ring (bicyclic) bond motifs is 1. The molecule has 0 aliphatic carbocycles. The largest absolute Gasteiger partial charge is 0.343 e. The fraction of sp³-hybridized carbons (Fsp3) is 0.500. The van der Waals surface area contributed by atoms with Gasteiger partial charge in [0, 0.05) is 46.1 Å². The number of anilines is 3. The Labute approximate surface area is 151 Å². The van der Waals surface area contributed by atoms with Crippen molar-refractivity contribution in [1.82, 2.24) is 4.90 Å². The molecule has 26 heavy (non-hydrogen) atoms. The van der Waals surface area contributed by atoms with E-state index in [1.807, 2.05) is 0 Å². The van der Waals surface area contributed by atoms with Crippen molar-refractivity contribution in [1.29, 1.82) is 0 Å². The molecule has 10 heteroatoms. The Morgan fingerprint density at radius 3 is 2.19 bits per heavy atom. The van der Waals surface area contributed by atoms with Crippen LogP contribution in [0, 0.1) is 11.7 Å². The monoisotopic (exact) mass is 384 g/mol. The minimum absolute atomic E-state index is 0.0260. The zero-order chi connectivity index (χ0) is 19.2. The molecule has 0 unspecified atom stereocenters. The third-order valence-electron chi connectivity index (χ3n) is 5.00. The SMILES string of the molecule is CC(=O)N1CCC(C(=O)Nc2cc3c(cc2F)N(C)S(=O)(=O)N3C)CC1. The van der Waals surface area contributed by atoms with Gasteiger partial charge in [-0.3, -0.25) is 18.2 Å². The van der Waals surface area contributed by atoms with E-state index in [1.54, 1.807) is 4.90 Å². The molecule has 2 amide bonds. The quantitative estimate of drug-likeness (QED) is 0.828. The molecule has 1 aromatic rings. The van der Waals surface area contributed by atoms with Crippen LogP contribution < -0.4 is 13.9 Å². The molecule has 0 radical (unpaired) electrons. The lowest BCUT2D eigenvalue weighted by Gasteiger charge is -2.30. The molecule has 0 atom stereocenters. The lowest BCUT2D eigenvalue weighted by molar-refractivity contribution is -0.132. The number of piperidine rings is 1. The number of carbonyl (C=O) groups is 2. The second-order valence-electron chi connectivity index (χ2n) is 6.53. The number of benzene rings is 1. The number of nitrogens with zero attached hydrogens (tertiary/aromatic N) is 3. The Morgan fingerprint density at radius 1 is 1.12 bits per heavy atom. The summed E-state index contributed by atoms with van der Waals surface area (Å²) in [7, 11) is -0.991. The van der Waals surface area contributed by atoms with Crippen LogP contribution in [0.5, 0.6) is 0 Å². The van der Waals surface area contributed by atoms with Gasteiger partial charge in [-0.2, -0.15) is 8.42 Å². The summed E-state index contributed by atoms with van der Waals surface area (Å²) in [5.74, 6) is -1.37. The molecule has 1 N–H and O–H groups in total. The molecule has 0 bridgehead atoms. The highest BCUT2D eigenvalue weighted by Crippen LogP contribution is 2.41. The summed E-state index contributed by atoms with van der Waals surface area (Å²) in [6, 6.07) is 2.43. The van der Waals surface area contributed by atoms with Gasteiger partial charge in [0.25, 0.3) is 0 Å². The minimum Gasteiger partial charge on any atom is -0.343 e. The van der Waals surface area contributed by atoms with Crippen molar-refractivity contribution in [2.24, 2.45) is 5.92 Å². The molecule has 0 spiro atoms. The Bertz CT molecular complexity index is 865. The fourth-order valence-electron chi connectivity index (χ4n) is 3.28. The van der Waals surface area contributed by atoms with Gasteiger partial charge in [0.1, 0.15) is 5.82 Å². The van der Waals surface area contributed by atoms with E-state index in [-0.39, 0.29) is 29.1 Å². The van der Waals surface area contributed by atoms with Crippen molar-refractivity contribution in [2.75, 3.05) is 41.1 Å².